The number of hydrogen-bond acceptors (Lipinski definition) is 2. The van der Waals surface area contributed by atoms with Crippen molar-refractivity contribution >= 4 is 33.4 Å². The lowest BCUT2D eigenvalue weighted by Gasteiger charge is -2.40. The first-order valence-electron chi connectivity index (χ1n) is 6.73. The maximum absolute atomic E-state index is 12.5. The summed E-state index contributed by atoms with van der Waals surface area (Å²) >= 11 is 3.48. The molecule has 20 heavy (non-hydrogen) atoms. The van der Waals surface area contributed by atoms with E-state index >= 15 is 0 Å². The zero-order valence-electron chi connectivity index (χ0n) is 12.1. The van der Waals surface area contributed by atoms with Gasteiger partial charge in [-0.1, -0.05) is 35.8 Å². The van der Waals surface area contributed by atoms with Gasteiger partial charge in [0.2, 0.25) is 11.8 Å². The van der Waals surface area contributed by atoms with Gasteiger partial charge in [-0.2, -0.15) is 0 Å². The Morgan fingerprint density at radius 1 is 1.30 bits per heavy atom. The van der Waals surface area contributed by atoms with Crippen molar-refractivity contribution in [2.24, 2.45) is 5.92 Å². The average molecular weight is 339 g/mol. The molecule has 0 saturated carbocycles. The van der Waals surface area contributed by atoms with Gasteiger partial charge in [-0.15, -0.1) is 0 Å². The zero-order valence-corrected chi connectivity index (χ0v) is 13.7. The molecule has 0 aromatic heterocycles. The number of halogens is 1. The Kier molecular flexibility index (Phi) is 4.18. The molecule has 0 bridgehead atoms. The summed E-state index contributed by atoms with van der Waals surface area (Å²) in [6, 6.07) is 4.75. The fraction of sp³-hybridized carbons (Fsp3) is 0.467. The third-order valence-corrected chi connectivity index (χ3v) is 4.50. The molecule has 0 spiro atoms. The molecular weight excluding hydrogens is 320 g/mol. The highest BCUT2D eigenvalue weighted by molar-refractivity contribution is 9.10. The van der Waals surface area contributed by atoms with E-state index in [0.717, 1.165) is 15.7 Å². The van der Waals surface area contributed by atoms with Crippen LogP contribution in [-0.4, -0.2) is 23.9 Å². The lowest BCUT2D eigenvalue weighted by atomic mass is 9.96. The standard InChI is InChI=1S/C15H19BrN2O2/c1-8(2)13-14(19)17-10(4)15(20)18(13)12-7-5-6-11(16)9(12)3/h5-8,10,13H,1-4H3,(H,17,19). The second kappa shape index (κ2) is 5.56. The van der Waals surface area contributed by atoms with Crippen LogP contribution in [0.5, 0.6) is 0 Å². The number of benzene rings is 1. The summed E-state index contributed by atoms with van der Waals surface area (Å²) in [5.41, 5.74) is 1.76. The highest BCUT2D eigenvalue weighted by atomic mass is 79.9. The normalized spacial score (nSPS) is 23.2. The predicted octanol–water partition coefficient (Wildman–Crippen LogP) is 2.63. The molecule has 0 radical (unpaired) electrons. The molecule has 1 aromatic carbocycles. The minimum Gasteiger partial charge on any atom is -0.343 e. The summed E-state index contributed by atoms with van der Waals surface area (Å²) < 4.78 is 0.934. The Labute approximate surface area is 127 Å². The van der Waals surface area contributed by atoms with Crippen LogP contribution in [-0.2, 0) is 9.59 Å². The molecule has 1 aliphatic heterocycles. The van der Waals surface area contributed by atoms with Crippen LogP contribution >= 0.6 is 15.9 Å². The minimum absolute atomic E-state index is 0.0461. The molecule has 1 aromatic rings. The van der Waals surface area contributed by atoms with Gasteiger partial charge < -0.3 is 5.32 Å². The molecule has 1 fully saturated rings. The first-order chi connectivity index (χ1) is 9.34. The predicted molar refractivity (Wildman–Crippen MR) is 82.6 cm³/mol. The Morgan fingerprint density at radius 2 is 1.95 bits per heavy atom. The molecule has 2 atom stereocenters. The summed E-state index contributed by atoms with van der Waals surface area (Å²) in [7, 11) is 0. The largest absolute Gasteiger partial charge is 0.343 e. The number of hydrogen-bond donors (Lipinski definition) is 1. The van der Waals surface area contributed by atoms with Crippen molar-refractivity contribution in [2.45, 2.75) is 39.8 Å². The number of piperazine rings is 1. The lowest BCUT2D eigenvalue weighted by molar-refractivity contribution is -0.134. The number of anilines is 1. The van der Waals surface area contributed by atoms with Crippen LogP contribution < -0.4 is 10.2 Å². The second-order valence-corrected chi connectivity index (χ2v) is 6.37. The summed E-state index contributed by atoms with van der Waals surface area (Å²) in [4.78, 5) is 26.4. The van der Waals surface area contributed by atoms with Crippen LogP contribution in [0.3, 0.4) is 0 Å². The van der Waals surface area contributed by atoms with Crippen LogP contribution in [0.1, 0.15) is 26.3 Å². The second-order valence-electron chi connectivity index (χ2n) is 5.51. The molecule has 2 rings (SSSR count). The molecule has 1 saturated heterocycles. The molecule has 4 nitrogen and oxygen atoms in total. The molecule has 108 valence electrons. The minimum atomic E-state index is -0.490. The first kappa shape index (κ1) is 15.0. The van der Waals surface area contributed by atoms with Crippen LogP contribution in [0, 0.1) is 12.8 Å². The van der Waals surface area contributed by atoms with E-state index in [1.54, 1.807) is 11.8 Å². The maximum atomic E-state index is 12.5. The van der Waals surface area contributed by atoms with E-state index in [-0.39, 0.29) is 17.7 Å². The molecule has 5 heteroatoms. The van der Waals surface area contributed by atoms with Gasteiger partial charge >= 0.3 is 0 Å². The van der Waals surface area contributed by atoms with E-state index in [9.17, 15) is 9.59 Å². The van der Waals surface area contributed by atoms with Gasteiger partial charge in [0, 0.05) is 10.2 Å². The van der Waals surface area contributed by atoms with E-state index in [0.29, 0.717) is 0 Å². The number of carbonyl (C=O) groups is 2. The van der Waals surface area contributed by atoms with Gasteiger partial charge in [-0.05, 0) is 37.5 Å². The smallest absolute Gasteiger partial charge is 0.250 e. The third-order valence-electron chi connectivity index (χ3n) is 3.64. The molecule has 1 aliphatic rings. The van der Waals surface area contributed by atoms with E-state index in [1.807, 2.05) is 39.0 Å². The quantitative estimate of drug-likeness (QED) is 0.901. The van der Waals surface area contributed by atoms with Crippen LogP contribution in [0.4, 0.5) is 5.69 Å². The highest BCUT2D eigenvalue weighted by Crippen LogP contribution is 2.31. The van der Waals surface area contributed by atoms with Crippen LogP contribution in [0.15, 0.2) is 22.7 Å². The van der Waals surface area contributed by atoms with E-state index in [2.05, 4.69) is 21.2 Å². The fourth-order valence-electron chi connectivity index (χ4n) is 2.55. The van der Waals surface area contributed by atoms with Crippen molar-refractivity contribution in [1.29, 1.82) is 0 Å². The lowest BCUT2D eigenvalue weighted by Crippen LogP contribution is -2.64. The molecule has 1 heterocycles. The Balaban J connectivity index is 2.55. The van der Waals surface area contributed by atoms with Gasteiger partial charge in [0.05, 0.1) is 0 Å². The summed E-state index contributed by atoms with van der Waals surface area (Å²) in [6.45, 7) is 7.57. The molecule has 0 aliphatic carbocycles. The van der Waals surface area contributed by atoms with Gasteiger partial charge in [0.25, 0.3) is 0 Å². The van der Waals surface area contributed by atoms with Gasteiger partial charge in [-0.3, -0.25) is 14.5 Å². The highest BCUT2D eigenvalue weighted by Gasteiger charge is 2.41. The fourth-order valence-corrected chi connectivity index (χ4v) is 2.91. The topological polar surface area (TPSA) is 49.4 Å². The van der Waals surface area contributed by atoms with Crippen molar-refractivity contribution in [2.75, 3.05) is 4.90 Å². The molecule has 1 N–H and O–H groups in total. The van der Waals surface area contributed by atoms with E-state index < -0.39 is 12.1 Å². The van der Waals surface area contributed by atoms with Crippen molar-refractivity contribution < 1.29 is 9.59 Å². The van der Waals surface area contributed by atoms with Gasteiger partial charge in [0.1, 0.15) is 12.1 Å². The number of carbonyl (C=O) groups excluding carboxylic acids is 2. The Morgan fingerprint density at radius 3 is 2.55 bits per heavy atom. The number of nitrogens with zero attached hydrogens (tertiary/aromatic N) is 1. The van der Waals surface area contributed by atoms with E-state index in [4.69, 9.17) is 0 Å². The molecule has 2 unspecified atom stereocenters. The van der Waals surface area contributed by atoms with Crippen LogP contribution in [0.25, 0.3) is 0 Å². The van der Waals surface area contributed by atoms with Gasteiger partial charge in [0.15, 0.2) is 0 Å². The van der Waals surface area contributed by atoms with Crippen LogP contribution in [0.2, 0.25) is 0 Å². The van der Waals surface area contributed by atoms with Crippen molar-refractivity contribution in [3.63, 3.8) is 0 Å². The monoisotopic (exact) mass is 338 g/mol. The van der Waals surface area contributed by atoms with Gasteiger partial charge in [-0.25, -0.2) is 0 Å². The SMILES string of the molecule is Cc1c(Br)cccc1N1C(=O)C(C)NC(=O)C1C(C)C. The zero-order chi connectivity index (χ0) is 15.0. The number of rotatable bonds is 2. The molecule has 2 amide bonds. The summed E-state index contributed by atoms with van der Waals surface area (Å²) in [5.74, 6) is -0.110. The first-order valence-corrected chi connectivity index (χ1v) is 7.52. The Bertz CT molecular complexity index is 557. The third kappa shape index (κ3) is 2.46. The van der Waals surface area contributed by atoms with Crippen molar-refractivity contribution in [3.8, 4) is 0 Å². The molecular formula is C15H19BrN2O2. The van der Waals surface area contributed by atoms with Crippen molar-refractivity contribution in [1.82, 2.24) is 5.32 Å². The summed E-state index contributed by atoms with van der Waals surface area (Å²) in [6.07, 6.45) is 0. The number of nitrogens with one attached hydrogen (secondary N) is 1. The number of amides is 2. The maximum Gasteiger partial charge on any atom is 0.250 e. The van der Waals surface area contributed by atoms with E-state index in [1.165, 1.54) is 0 Å². The van der Waals surface area contributed by atoms with Crippen molar-refractivity contribution in [3.05, 3.63) is 28.2 Å². The Hall–Kier alpha value is -1.36. The average Bonchev–Trinajstić information content (AvgIpc) is 2.36. The summed E-state index contributed by atoms with van der Waals surface area (Å²) in [5, 5.41) is 2.75.